The molecule has 2 N–H and O–H groups in total. The van der Waals surface area contributed by atoms with E-state index in [9.17, 15) is 4.79 Å². The van der Waals surface area contributed by atoms with Gasteiger partial charge in [0, 0.05) is 31.4 Å². The van der Waals surface area contributed by atoms with Crippen molar-refractivity contribution in [3.63, 3.8) is 0 Å². The first-order valence-electron chi connectivity index (χ1n) is 6.00. The molecule has 0 radical (unpaired) electrons. The lowest BCUT2D eigenvalue weighted by atomic mass is 10.2. The highest BCUT2D eigenvalue weighted by Crippen LogP contribution is 2.15. The van der Waals surface area contributed by atoms with Gasteiger partial charge in [-0.2, -0.15) is 0 Å². The number of benzene rings is 1. The summed E-state index contributed by atoms with van der Waals surface area (Å²) in [6.07, 6.45) is 0. The lowest BCUT2D eigenvalue weighted by molar-refractivity contribution is -0.114. The predicted molar refractivity (Wildman–Crippen MR) is 79.9 cm³/mol. The van der Waals surface area contributed by atoms with Crippen molar-refractivity contribution in [3.8, 4) is 0 Å². The average Bonchev–Trinajstić information content (AvgIpc) is 2.30. The highest BCUT2D eigenvalue weighted by atomic mass is 32.1. The molecule has 1 aromatic rings. The summed E-state index contributed by atoms with van der Waals surface area (Å²) >= 11 is 5.31. The van der Waals surface area contributed by atoms with E-state index in [1.165, 1.54) is 6.92 Å². The minimum absolute atomic E-state index is 0.0848. The zero-order chi connectivity index (χ0) is 13.5. The van der Waals surface area contributed by atoms with Crippen molar-refractivity contribution >= 4 is 34.6 Å². The van der Waals surface area contributed by atoms with E-state index in [4.69, 9.17) is 12.2 Å². The van der Waals surface area contributed by atoms with E-state index in [-0.39, 0.29) is 5.91 Å². The van der Waals surface area contributed by atoms with Crippen LogP contribution in [0.1, 0.15) is 20.8 Å². The van der Waals surface area contributed by atoms with Crippen molar-refractivity contribution in [3.05, 3.63) is 24.3 Å². The number of anilines is 2. The van der Waals surface area contributed by atoms with Crippen molar-refractivity contribution in [2.24, 2.45) is 0 Å². The molecule has 0 atom stereocenters. The molecule has 0 heterocycles. The van der Waals surface area contributed by atoms with Crippen LogP contribution < -0.4 is 10.6 Å². The van der Waals surface area contributed by atoms with Crippen LogP contribution in [0.25, 0.3) is 0 Å². The molecule has 0 unspecified atom stereocenters. The van der Waals surface area contributed by atoms with Gasteiger partial charge < -0.3 is 15.5 Å². The number of carbonyl (C=O) groups is 1. The maximum atomic E-state index is 11.0. The summed E-state index contributed by atoms with van der Waals surface area (Å²) in [5.41, 5.74) is 1.63. The lowest BCUT2D eigenvalue weighted by Gasteiger charge is -2.22. The Morgan fingerprint density at radius 3 is 2.28 bits per heavy atom. The molecule has 18 heavy (non-hydrogen) atoms. The highest BCUT2D eigenvalue weighted by Gasteiger charge is 2.05. The van der Waals surface area contributed by atoms with Crippen LogP contribution >= 0.6 is 12.2 Å². The summed E-state index contributed by atoms with van der Waals surface area (Å²) in [5.74, 6) is -0.0848. The third-order valence-corrected chi connectivity index (χ3v) is 2.85. The van der Waals surface area contributed by atoms with E-state index < -0.39 is 0 Å². The summed E-state index contributed by atoms with van der Waals surface area (Å²) in [5, 5.41) is 6.60. The molecule has 98 valence electrons. The van der Waals surface area contributed by atoms with Crippen molar-refractivity contribution in [2.45, 2.75) is 20.8 Å². The fraction of sp³-hybridized carbons (Fsp3) is 0.385. The van der Waals surface area contributed by atoms with E-state index in [0.29, 0.717) is 5.11 Å². The average molecular weight is 265 g/mol. The number of carbonyl (C=O) groups excluding carboxylic acids is 1. The normalized spacial score (nSPS) is 9.72. The SMILES string of the molecule is CCN(CC)C(=S)Nc1cccc(NC(C)=O)c1. The molecule has 0 aromatic heterocycles. The molecule has 1 amide bonds. The van der Waals surface area contributed by atoms with Gasteiger partial charge in [-0.25, -0.2) is 0 Å². The molecule has 1 aromatic carbocycles. The summed E-state index contributed by atoms with van der Waals surface area (Å²) < 4.78 is 0. The fourth-order valence-corrected chi connectivity index (χ4v) is 1.97. The van der Waals surface area contributed by atoms with Crippen LogP contribution in [0.3, 0.4) is 0 Å². The first-order chi connectivity index (χ1) is 8.56. The van der Waals surface area contributed by atoms with E-state index in [1.807, 2.05) is 24.3 Å². The molecule has 5 heteroatoms. The molecule has 0 spiro atoms. The second kappa shape index (κ2) is 6.96. The van der Waals surface area contributed by atoms with Gasteiger partial charge in [0.25, 0.3) is 0 Å². The molecule has 4 nitrogen and oxygen atoms in total. The molecule has 0 aliphatic heterocycles. The molecule has 0 fully saturated rings. The molecule has 0 bridgehead atoms. The van der Waals surface area contributed by atoms with Gasteiger partial charge in [0.15, 0.2) is 5.11 Å². The molecule has 0 aliphatic carbocycles. The van der Waals surface area contributed by atoms with E-state index in [0.717, 1.165) is 24.5 Å². The van der Waals surface area contributed by atoms with Crippen LogP contribution in [0, 0.1) is 0 Å². The zero-order valence-corrected chi connectivity index (χ0v) is 11.8. The Morgan fingerprint density at radius 1 is 1.22 bits per heavy atom. The topological polar surface area (TPSA) is 44.4 Å². The molecule has 1 rings (SSSR count). The summed E-state index contributed by atoms with van der Waals surface area (Å²) in [4.78, 5) is 13.0. The quantitative estimate of drug-likeness (QED) is 0.822. The van der Waals surface area contributed by atoms with Gasteiger partial charge >= 0.3 is 0 Å². The van der Waals surface area contributed by atoms with Crippen LogP contribution in [-0.4, -0.2) is 29.0 Å². The lowest BCUT2D eigenvalue weighted by Crippen LogP contribution is -2.34. The number of hydrogen-bond donors (Lipinski definition) is 2. The number of nitrogens with one attached hydrogen (secondary N) is 2. The van der Waals surface area contributed by atoms with Crippen LogP contribution in [-0.2, 0) is 4.79 Å². The summed E-state index contributed by atoms with van der Waals surface area (Å²) in [6.45, 7) is 7.35. The van der Waals surface area contributed by atoms with Gasteiger partial charge in [-0.15, -0.1) is 0 Å². The molecule has 0 saturated carbocycles. The van der Waals surface area contributed by atoms with Crippen LogP contribution in [0.15, 0.2) is 24.3 Å². The molecule has 0 saturated heterocycles. The maximum Gasteiger partial charge on any atom is 0.221 e. The van der Waals surface area contributed by atoms with Gasteiger partial charge in [-0.05, 0) is 44.3 Å². The Bertz CT molecular complexity index is 430. The molecular weight excluding hydrogens is 246 g/mol. The summed E-state index contributed by atoms with van der Waals surface area (Å²) in [7, 11) is 0. The summed E-state index contributed by atoms with van der Waals surface area (Å²) in [6, 6.07) is 7.49. The van der Waals surface area contributed by atoms with Crippen molar-refractivity contribution in [2.75, 3.05) is 23.7 Å². The van der Waals surface area contributed by atoms with E-state index in [1.54, 1.807) is 0 Å². The van der Waals surface area contributed by atoms with Gasteiger partial charge in [-0.1, -0.05) is 6.07 Å². The van der Waals surface area contributed by atoms with Crippen molar-refractivity contribution in [1.29, 1.82) is 0 Å². The standard InChI is InChI=1S/C13H19N3OS/c1-4-16(5-2)13(18)15-12-8-6-7-11(9-12)14-10(3)17/h6-9H,4-5H2,1-3H3,(H,14,17)(H,15,18). The Kier molecular flexibility index (Phi) is 5.58. The van der Waals surface area contributed by atoms with Crippen molar-refractivity contribution < 1.29 is 4.79 Å². The first-order valence-corrected chi connectivity index (χ1v) is 6.41. The number of rotatable bonds is 4. The molecule has 0 aliphatic rings. The van der Waals surface area contributed by atoms with Crippen LogP contribution in [0.2, 0.25) is 0 Å². The fourth-order valence-electron chi connectivity index (χ4n) is 1.59. The van der Waals surface area contributed by atoms with Gasteiger partial charge in [0.2, 0.25) is 5.91 Å². The third kappa shape index (κ3) is 4.33. The molecular formula is C13H19N3OS. The number of hydrogen-bond acceptors (Lipinski definition) is 2. The largest absolute Gasteiger partial charge is 0.350 e. The number of amides is 1. The Morgan fingerprint density at radius 2 is 1.78 bits per heavy atom. The Balaban J connectivity index is 2.72. The number of nitrogens with zero attached hydrogens (tertiary/aromatic N) is 1. The second-order valence-corrected chi connectivity index (χ2v) is 4.25. The van der Waals surface area contributed by atoms with Gasteiger partial charge in [-0.3, -0.25) is 4.79 Å². The predicted octanol–water partition coefficient (Wildman–Crippen LogP) is 2.68. The Hall–Kier alpha value is -1.62. The number of thiocarbonyl (C=S) groups is 1. The zero-order valence-electron chi connectivity index (χ0n) is 11.0. The van der Waals surface area contributed by atoms with Crippen LogP contribution in [0.5, 0.6) is 0 Å². The van der Waals surface area contributed by atoms with Gasteiger partial charge in [0.05, 0.1) is 0 Å². The monoisotopic (exact) mass is 265 g/mol. The minimum atomic E-state index is -0.0848. The Labute approximate surface area is 113 Å². The smallest absolute Gasteiger partial charge is 0.221 e. The maximum absolute atomic E-state index is 11.0. The third-order valence-electron chi connectivity index (χ3n) is 2.48. The van der Waals surface area contributed by atoms with Gasteiger partial charge in [0.1, 0.15) is 0 Å². The first kappa shape index (κ1) is 14.4. The van der Waals surface area contributed by atoms with Crippen molar-refractivity contribution in [1.82, 2.24) is 4.90 Å². The minimum Gasteiger partial charge on any atom is -0.350 e. The van der Waals surface area contributed by atoms with E-state index in [2.05, 4.69) is 29.4 Å². The van der Waals surface area contributed by atoms with E-state index >= 15 is 0 Å². The second-order valence-electron chi connectivity index (χ2n) is 3.86. The highest BCUT2D eigenvalue weighted by molar-refractivity contribution is 7.80. The van der Waals surface area contributed by atoms with Crippen LogP contribution in [0.4, 0.5) is 11.4 Å².